The monoisotopic (exact) mass is 142 g/mol. The third-order valence-corrected chi connectivity index (χ3v) is 1.51. The van der Waals surface area contributed by atoms with E-state index in [0.29, 0.717) is 0 Å². The van der Waals surface area contributed by atoms with Crippen LogP contribution in [0.15, 0.2) is 0 Å². The molecule has 0 bridgehead atoms. The zero-order chi connectivity index (χ0) is 7.98. The molecule has 0 fully saturated rings. The smallest absolute Gasteiger partial charge is 0.223 e. The standard InChI is InChI=1S/C8H16NO/c1-4-6-9-8(10)7(3)5-2/h6-7H,4-5H2,1-3H3,(H,9,10). The molecule has 0 spiro atoms. The summed E-state index contributed by atoms with van der Waals surface area (Å²) in [6, 6.07) is 0. The van der Waals surface area contributed by atoms with E-state index in [2.05, 4.69) is 5.32 Å². The molecule has 0 aliphatic heterocycles. The Hall–Kier alpha value is -0.530. The van der Waals surface area contributed by atoms with Crippen LogP contribution in [-0.2, 0) is 4.79 Å². The molecule has 59 valence electrons. The van der Waals surface area contributed by atoms with Crippen molar-refractivity contribution in [2.45, 2.75) is 33.6 Å². The van der Waals surface area contributed by atoms with Crippen molar-refractivity contribution >= 4 is 5.91 Å². The molecule has 0 aromatic rings. The summed E-state index contributed by atoms with van der Waals surface area (Å²) in [6.07, 6.45) is 1.80. The van der Waals surface area contributed by atoms with Crippen molar-refractivity contribution in [3.8, 4) is 0 Å². The maximum Gasteiger partial charge on any atom is 0.223 e. The quantitative estimate of drug-likeness (QED) is 0.636. The predicted octanol–water partition coefficient (Wildman–Crippen LogP) is 1.72. The Labute approximate surface area is 63.0 Å². The van der Waals surface area contributed by atoms with Gasteiger partial charge < -0.3 is 5.32 Å². The number of amides is 1. The molecule has 2 heteroatoms. The van der Waals surface area contributed by atoms with Gasteiger partial charge in [0.1, 0.15) is 0 Å². The Morgan fingerprint density at radius 1 is 1.60 bits per heavy atom. The number of carbonyl (C=O) groups is 1. The Bertz CT molecular complexity index is 101. The minimum atomic E-state index is 0.129. The Balaban J connectivity index is 3.42. The number of hydrogen-bond donors (Lipinski definition) is 1. The minimum Gasteiger partial charge on any atom is -0.351 e. The summed E-state index contributed by atoms with van der Waals surface area (Å²) >= 11 is 0. The average molecular weight is 142 g/mol. The second-order valence-corrected chi connectivity index (χ2v) is 2.43. The van der Waals surface area contributed by atoms with Crippen LogP contribution >= 0.6 is 0 Å². The molecule has 1 radical (unpaired) electrons. The van der Waals surface area contributed by atoms with Gasteiger partial charge in [-0.1, -0.05) is 20.8 Å². The van der Waals surface area contributed by atoms with Gasteiger partial charge in [-0.25, -0.2) is 0 Å². The van der Waals surface area contributed by atoms with Gasteiger partial charge in [-0.05, 0) is 12.8 Å². The largest absolute Gasteiger partial charge is 0.351 e. The molecule has 0 saturated carbocycles. The Kier molecular flexibility index (Phi) is 4.99. The SMILES string of the molecule is CC[CH]NC(=O)C(C)CC. The highest BCUT2D eigenvalue weighted by molar-refractivity contribution is 5.78. The Morgan fingerprint density at radius 2 is 2.20 bits per heavy atom. The van der Waals surface area contributed by atoms with Gasteiger partial charge in [-0.3, -0.25) is 4.79 Å². The highest BCUT2D eigenvalue weighted by Crippen LogP contribution is 1.99. The van der Waals surface area contributed by atoms with E-state index in [0.717, 1.165) is 12.8 Å². The first-order chi connectivity index (χ1) is 4.72. The molecule has 0 aliphatic carbocycles. The number of hydrogen-bond acceptors (Lipinski definition) is 1. The van der Waals surface area contributed by atoms with Gasteiger partial charge >= 0.3 is 0 Å². The molecular weight excluding hydrogens is 126 g/mol. The van der Waals surface area contributed by atoms with Crippen LogP contribution in [0.2, 0.25) is 0 Å². The molecule has 10 heavy (non-hydrogen) atoms. The van der Waals surface area contributed by atoms with Crippen LogP contribution in [0.3, 0.4) is 0 Å². The summed E-state index contributed by atoms with van der Waals surface area (Å²) < 4.78 is 0. The molecule has 1 unspecified atom stereocenters. The van der Waals surface area contributed by atoms with Crippen molar-refractivity contribution in [1.82, 2.24) is 5.32 Å². The first kappa shape index (κ1) is 9.47. The van der Waals surface area contributed by atoms with E-state index in [4.69, 9.17) is 0 Å². The van der Waals surface area contributed by atoms with Crippen LogP contribution in [0.1, 0.15) is 33.6 Å². The molecule has 0 heterocycles. The maximum atomic E-state index is 11.0. The molecule has 1 amide bonds. The Morgan fingerprint density at radius 3 is 2.60 bits per heavy atom. The van der Waals surface area contributed by atoms with E-state index < -0.39 is 0 Å². The van der Waals surface area contributed by atoms with Crippen molar-refractivity contribution in [3.63, 3.8) is 0 Å². The van der Waals surface area contributed by atoms with E-state index in [1.165, 1.54) is 0 Å². The lowest BCUT2D eigenvalue weighted by molar-refractivity contribution is -0.123. The maximum absolute atomic E-state index is 11.0. The second-order valence-electron chi connectivity index (χ2n) is 2.43. The molecule has 0 aromatic carbocycles. The van der Waals surface area contributed by atoms with Gasteiger partial charge in [0.15, 0.2) is 0 Å². The molecule has 0 aromatic heterocycles. The lowest BCUT2D eigenvalue weighted by Gasteiger charge is -2.07. The molecule has 2 nitrogen and oxygen atoms in total. The second kappa shape index (κ2) is 5.27. The summed E-state index contributed by atoms with van der Waals surface area (Å²) in [7, 11) is 0. The molecule has 0 saturated heterocycles. The van der Waals surface area contributed by atoms with Crippen LogP contribution in [-0.4, -0.2) is 5.91 Å². The summed E-state index contributed by atoms with van der Waals surface area (Å²) in [5.41, 5.74) is 0. The fourth-order valence-corrected chi connectivity index (χ4v) is 0.530. The summed E-state index contributed by atoms with van der Waals surface area (Å²) in [6.45, 7) is 7.72. The lowest BCUT2D eigenvalue weighted by Crippen LogP contribution is -2.26. The minimum absolute atomic E-state index is 0.129. The zero-order valence-electron chi connectivity index (χ0n) is 6.98. The normalized spacial score (nSPS) is 12.7. The third kappa shape index (κ3) is 3.49. The van der Waals surface area contributed by atoms with Crippen molar-refractivity contribution in [2.75, 3.05) is 0 Å². The third-order valence-electron chi connectivity index (χ3n) is 1.51. The molecule has 1 N–H and O–H groups in total. The van der Waals surface area contributed by atoms with Crippen LogP contribution in [0.5, 0.6) is 0 Å². The highest BCUT2D eigenvalue weighted by atomic mass is 16.1. The van der Waals surface area contributed by atoms with E-state index in [-0.39, 0.29) is 11.8 Å². The fourth-order valence-electron chi connectivity index (χ4n) is 0.530. The van der Waals surface area contributed by atoms with Gasteiger partial charge in [0.25, 0.3) is 0 Å². The predicted molar refractivity (Wildman–Crippen MR) is 42.2 cm³/mol. The molecule has 0 rings (SSSR count). The van der Waals surface area contributed by atoms with E-state index in [1.807, 2.05) is 20.8 Å². The van der Waals surface area contributed by atoms with Crippen molar-refractivity contribution in [1.29, 1.82) is 0 Å². The molecular formula is C8H16NO. The number of carbonyl (C=O) groups excluding carboxylic acids is 1. The van der Waals surface area contributed by atoms with Crippen LogP contribution < -0.4 is 5.32 Å². The topological polar surface area (TPSA) is 29.1 Å². The number of nitrogens with one attached hydrogen (secondary N) is 1. The van der Waals surface area contributed by atoms with E-state index in [9.17, 15) is 4.79 Å². The summed E-state index contributed by atoms with van der Waals surface area (Å²) in [4.78, 5) is 11.0. The average Bonchev–Trinajstić information content (AvgIpc) is 1.98. The van der Waals surface area contributed by atoms with Gasteiger partial charge in [0.05, 0.1) is 0 Å². The summed E-state index contributed by atoms with van der Waals surface area (Å²) in [5, 5.41) is 2.72. The molecule has 0 aliphatic rings. The number of rotatable bonds is 4. The van der Waals surface area contributed by atoms with Crippen molar-refractivity contribution in [2.24, 2.45) is 5.92 Å². The lowest BCUT2D eigenvalue weighted by atomic mass is 10.1. The summed E-state index contributed by atoms with van der Waals surface area (Å²) in [5.74, 6) is 0.271. The highest BCUT2D eigenvalue weighted by Gasteiger charge is 2.07. The van der Waals surface area contributed by atoms with E-state index >= 15 is 0 Å². The van der Waals surface area contributed by atoms with Crippen LogP contribution in [0, 0.1) is 12.5 Å². The first-order valence-electron chi connectivity index (χ1n) is 3.84. The first-order valence-corrected chi connectivity index (χ1v) is 3.84. The zero-order valence-corrected chi connectivity index (χ0v) is 6.98. The van der Waals surface area contributed by atoms with E-state index in [1.54, 1.807) is 6.54 Å². The van der Waals surface area contributed by atoms with Crippen molar-refractivity contribution < 1.29 is 4.79 Å². The fraction of sp³-hybridized carbons (Fsp3) is 0.750. The van der Waals surface area contributed by atoms with Gasteiger partial charge in [0.2, 0.25) is 5.91 Å². The van der Waals surface area contributed by atoms with Crippen molar-refractivity contribution in [3.05, 3.63) is 6.54 Å². The van der Waals surface area contributed by atoms with Gasteiger partial charge in [-0.15, -0.1) is 0 Å². The van der Waals surface area contributed by atoms with Crippen LogP contribution in [0.4, 0.5) is 0 Å². The van der Waals surface area contributed by atoms with Gasteiger partial charge in [0, 0.05) is 12.5 Å². The van der Waals surface area contributed by atoms with Gasteiger partial charge in [-0.2, -0.15) is 0 Å². The molecule has 1 atom stereocenters. The van der Waals surface area contributed by atoms with Crippen LogP contribution in [0.25, 0.3) is 0 Å².